The molecule has 0 aliphatic heterocycles. The van der Waals surface area contributed by atoms with Gasteiger partial charge < -0.3 is 0 Å². The summed E-state index contributed by atoms with van der Waals surface area (Å²) in [4.78, 5) is 0. The first-order valence-corrected chi connectivity index (χ1v) is 6.05. The molecule has 0 heterocycles. The van der Waals surface area contributed by atoms with Gasteiger partial charge in [-0.2, -0.15) is 0 Å². The van der Waals surface area contributed by atoms with E-state index in [-0.39, 0.29) is 5.92 Å². The molecule has 2 aromatic rings. The van der Waals surface area contributed by atoms with Gasteiger partial charge in [-0.1, -0.05) is 73.2 Å². The average molecular weight is 232 g/mol. The molecule has 0 saturated heterocycles. The molecular formula is C18H16. The molecule has 0 spiro atoms. The number of benzene rings is 2. The van der Waals surface area contributed by atoms with Gasteiger partial charge in [-0.05, 0) is 23.1 Å². The third-order valence-corrected chi connectivity index (χ3v) is 3.04. The van der Waals surface area contributed by atoms with Crippen LogP contribution >= 0.6 is 0 Å². The van der Waals surface area contributed by atoms with Crippen molar-refractivity contribution in [2.24, 2.45) is 0 Å². The van der Waals surface area contributed by atoms with Crippen LogP contribution in [-0.4, -0.2) is 0 Å². The lowest BCUT2D eigenvalue weighted by molar-refractivity contribution is 0.909. The van der Waals surface area contributed by atoms with Crippen LogP contribution in [0.1, 0.15) is 23.5 Å². The Morgan fingerprint density at radius 3 is 2.11 bits per heavy atom. The van der Waals surface area contributed by atoms with E-state index in [1.807, 2.05) is 36.4 Å². The number of rotatable bonds is 4. The predicted octanol–water partition coefficient (Wildman–Crippen LogP) is 4.51. The Balaban J connectivity index is 2.14. The van der Waals surface area contributed by atoms with E-state index in [1.54, 1.807) is 0 Å². The minimum absolute atomic E-state index is 0.0962. The van der Waals surface area contributed by atoms with Gasteiger partial charge >= 0.3 is 0 Å². The fourth-order valence-corrected chi connectivity index (χ4v) is 2.00. The van der Waals surface area contributed by atoms with Crippen molar-refractivity contribution < 1.29 is 0 Å². The summed E-state index contributed by atoms with van der Waals surface area (Å²) in [5.41, 5.74) is 3.42. The fraction of sp³-hybridized carbons (Fsp3) is 0.111. The molecular weight excluding hydrogens is 216 g/mol. The molecule has 0 heteroatoms. The third kappa shape index (κ3) is 2.90. The van der Waals surface area contributed by atoms with Crippen LogP contribution in [0.5, 0.6) is 0 Å². The van der Waals surface area contributed by atoms with Crippen LogP contribution in [0.3, 0.4) is 0 Å². The zero-order chi connectivity index (χ0) is 12.8. The van der Waals surface area contributed by atoms with Crippen molar-refractivity contribution in [3.05, 3.63) is 78.4 Å². The normalized spacial score (nSPS) is 11.5. The summed E-state index contributed by atoms with van der Waals surface area (Å²) in [6.07, 6.45) is 6.44. The van der Waals surface area contributed by atoms with Gasteiger partial charge in [-0.3, -0.25) is 0 Å². The first-order chi connectivity index (χ1) is 8.81. The fourth-order valence-electron chi connectivity index (χ4n) is 2.00. The molecule has 0 nitrogen and oxygen atoms in total. The standard InChI is InChI=1S/C18H16/c1-3-16(18-12-8-5-9-13-18)14-15(2)17-10-6-4-7-11-17/h1,4-13,16H,2,14H2. The Morgan fingerprint density at radius 2 is 1.56 bits per heavy atom. The van der Waals surface area contributed by atoms with E-state index in [2.05, 4.69) is 36.8 Å². The molecule has 0 saturated carbocycles. The molecule has 0 bridgehead atoms. The summed E-state index contributed by atoms with van der Waals surface area (Å²) >= 11 is 0. The van der Waals surface area contributed by atoms with E-state index >= 15 is 0 Å². The minimum atomic E-state index is 0.0962. The van der Waals surface area contributed by atoms with E-state index in [4.69, 9.17) is 6.42 Å². The van der Waals surface area contributed by atoms with Gasteiger partial charge in [0.25, 0.3) is 0 Å². The van der Waals surface area contributed by atoms with Gasteiger partial charge in [0.2, 0.25) is 0 Å². The number of allylic oxidation sites excluding steroid dienone is 1. The van der Waals surface area contributed by atoms with E-state index in [0.717, 1.165) is 17.6 Å². The molecule has 0 radical (unpaired) electrons. The Labute approximate surface area is 109 Å². The van der Waals surface area contributed by atoms with Crippen LogP contribution in [0.4, 0.5) is 0 Å². The van der Waals surface area contributed by atoms with Crippen molar-refractivity contribution in [3.8, 4) is 12.3 Å². The maximum absolute atomic E-state index is 5.64. The van der Waals surface area contributed by atoms with Crippen LogP contribution in [0.15, 0.2) is 67.2 Å². The van der Waals surface area contributed by atoms with E-state index in [0.29, 0.717) is 0 Å². The number of terminal acetylenes is 1. The summed E-state index contributed by atoms with van der Waals surface area (Å²) in [5, 5.41) is 0. The maximum Gasteiger partial charge on any atom is 0.0489 e. The summed E-state index contributed by atoms with van der Waals surface area (Å²) in [6, 6.07) is 20.4. The van der Waals surface area contributed by atoms with Gasteiger partial charge in [0, 0.05) is 5.92 Å². The lowest BCUT2D eigenvalue weighted by Gasteiger charge is -2.13. The molecule has 0 aromatic heterocycles. The van der Waals surface area contributed by atoms with E-state index in [9.17, 15) is 0 Å². The van der Waals surface area contributed by atoms with Crippen molar-refractivity contribution in [1.29, 1.82) is 0 Å². The Bertz CT molecular complexity index is 544. The predicted molar refractivity (Wildman–Crippen MR) is 78.1 cm³/mol. The molecule has 2 rings (SSSR count). The second-order valence-corrected chi connectivity index (χ2v) is 4.30. The smallest absolute Gasteiger partial charge is 0.0489 e. The molecule has 0 aliphatic rings. The molecule has 0 aliphatic carbocycles. The first-order valence-electron chi connectivity index (χ1n) is 6.05. The van der Waals surface area contributed by atoms with Crippen molar-refractivity contribution in [1.82, 2.24) is 0 Å². The summed E-state index contributed by atoms with van der Waals surface area (Å²) < 4.78 is 0. The summed E-state index contributed by atoms with van der Waals surface area (Å²) in [5.74, 6) is 2.95. The number of hydrogen-bond donors (Lipinski definition) is 0. The molecule has 0 fully saturated rings. The monoisotopic (exact) mass is 232 g/mol. The molecule has 18 heavy (non-hydrogen) atoms. The lowest BCUT2D eigenvalue weighted by Crippen LogP contribution is -1.97. The minimum Gasteiger partial charge on any atom is -0.119 e. The highest BCUT2D eigenvalue weighted by Crippen LogP contribution is 2.27. The Hall–Kier alpha value is -2.26. The molecule has 2 aromatic carbocycles. The van der Waals surface area contributed by atoms with Gasteiger partial charge in [-0.15, -0.1) is 6.42 Å². The second kappa shape index (κ2) is 5.89. The third-order valence-electron chi connectivity index (χ3n) is 3.04. The summed E-state index contributed by atoms with van der Waals surface area (Å²) in [6.45, 7) is 4.14. The van der Waals surface area contributed by atoms with Gasteiger partial charge in [-0.25, -0.2) is 0 Å². The van der Waals surface area contributed by atoms with Crippen LogP contribution in [0.25, 0.3) is 5.57 Å². The zero-order valence-corrected chi connectivity index (χ0v) is 10.3. The Morgan fingerprint density at radius 1 is 1.00 bits per heavy atom. The first kappa shape index (κ1) is 12.2. The SMILES string of the molecule is C#CC(CC(=C)c1ccccc1)c1ccccc1. The van der Waals surface area contributed by atoms with Crippen molar-refractivity contribution in [3.63, 3.8) is 0 Å². The molecule has 88 valence electrons. The Kier molecular flexibility index (Phi) is 3.99. The van der Waals surface area contributed by atoms with Gasteiger partial charge in [0.05, 0.1) is 0 Å². The van der Waals surface area contributed by atoms with Crippen molar-refractivity contribution in [2.75, 3.05) is 0 Å². The highest BCUT2D eigenvalue weighted by molar-refractivity contribution is 5.64. The quantitative estimate of drug-likeness (QED) is 0.680. The highest BCUT2D eigenvalue weighted by Gasteiger charge is 2.10. The molecule has 1 unspecified atom stereocenters. The number of hydrogen-bond acceptors (Lipinski definition) is 0. The van der Waals surface area contributed by atoms with Gasteiger partial charge in [0.15, 0.2) is 0 Å². The summed E-state index contributed by atoms with van der Waals surface area (Å²) in [7, 11) is 0. The van der Waals surface area contributed by atoms with Crippen molar-refractivity contribution in [2.45, 2.75) is 12.3 Å². The van der Waals surface area contributed by atoms with Crippen LogP contribution in [0, 0.1) is 12.3 Å². The highest BCUT2D eigenvalue weighted by atomic mass is 14.1. The largest absolute Gasteiger partial charge is 0.119 e. The average Bonchev–Trinajstić information content (AvgIpc) is 2.46. The van der Waals surface area contributed by atoms with Crippen LogP contribution in [-0.2, 0) is 0 Å². The zero-order valence-electron chi connectivity index (χ0n) is 10.3. The van der Waals surface area contributed by atoms with Crippen LogP contribution in [0.2, 0.25) is 0 Å². The second-order valence-electron chi connectivity index (χ2n) is 4.30. The molecule has 1 atom stereocenters. The molecule has 0 N–H and O–H groups in total. The lowest BCUT2D eigenvalue weighted by atomic mass is 9.90. The van der Waals surface area contributed by atoms with Gasteiger partial charge in [0.1, 0.15) is 0 Å². The van der Waals surface area contributed by atoms with Crippen molar-refractivity contribution >= 4 is 5.57 Å². The topological polar surface area (TPSA) is 0 Å². The van der Waals surface area contributed by atoms with E-state index < -0.39 is 0 Å². The van der Waals surface area contributed by atoms with E-state index in [1.165, 1.54) is 5.56 Å². The van der Waals surface area contributed by atoms with Crippen LogP contribution < -0.4 is 0 Å². The molecule has 0 amide bonds. The maximum atomic E-state index is 5.64.